The standard InChI is InChI=1S/C10H10BrN3/c1-8-2-3-14(13-8)7-9-4-10(11)6-12-5-9/h2-6H,7H2,1H3. The molecule has 0 aliphatic carbocycles. The molecule has 2 rings (SSSR count). The van der Waals surface area contributed by atoms with Crippen molar-refractivity contribution in [2.24, 2.45) is 0 Å². The molecule has 0 bridgehead atoms. The SMILES string of the molecule is Cc1ccn(Cc2cncc(Br)c2)n1. The highest BCUT2D eigenvalue weighted by atomic mass is 79.9. The lowest BCUT2D eigenvalue weighted by Crippen LogP contribution is -2.00. The van der Waals surface area contributed by atoms with Gasteiger partial charge in [-0.05, 0) is 40.5 Å². The lowest BCUT2D eigenvalue weighted by atomic mass is 10.3. The van der Waals surface area contributed by atoms with Gasteiger partial charge in [0.1, 0.15) is 0 Å². The van der Waals surface area contributed by atoms with E-state index in [0.29, 0.717) is 0 Å². The van der Waals surface area contributed by atoms with Crippen LogP contribution in [0.1, 0.15) is 11.3 Å². The van der Waals surface area contributed by atoms with Crippen LogP contribution >= 0.6 is 15.9 Å². The van der Waals surface area contributed by atoms with Crippen LogP contribution in [0.25, 0.3) is 0 Å². The van der Waals surface area contributed by atoms with Crippen LogP contribution in [-0.4, -0.2) is 14.8 Å². The zero-order chi connectivity index (χ0) is 9.97. The maximum absolute atomic E-state index is 4.31. The average Bonchev–Trinajstić information content (AvgIpc) is 2.51. The van der Waals surface area contributed by atoms with Crippen molar-refractivity contribution in [2.75, 3.05) is 0 Å². The molecule has 2 aromatic heterocycles. The molecule has 0 aliphatic heterocycles. The van der Waals surface area contributed by atoms with E-state index >= 15 is 0 Å². The maximum atomic E-state index is 4.31. The molecule has 0 saturated carbocycles. The summed E-state index contributed by atoms with van der Waals surface area (Å²) in [6.45, 7) is 2.75. The van der Waals surface area contributed by atoms with Crippen LogP contribution < -0.4 is 0 Å². The summed E-state index contributed by atoms with van der Waals surface area (Å²) in [7, 11) is 0. The second kappa shape index (κ2) is 3.92. The molecular formula is C10H10BrN3. The van der Waals surface area contributed by atoms with Gasteiger partial charge in [-0.2, -0.15) is 5.10 Å². The second-order valence-electron chi connectivity index (χ2n) is 3.17. The third kappa shape index (κ3) is 2.20. The second-order valence-corrected chi connectivity index (χ2v) is 4.08. The van der Waals surface area contributed by atoms with Crippen molar-refractivity contribution in [3.63, 3.8) is 0 Å². The van der Waals surface area contributed by atoms with Crippen molar-refractivity contribution in [1.29, 1.82) is 0 Å². The molecule has 0 spiro atoms. The molecule has 2 heterocycles. The topological polar surface area (TPSA) is 30.7 Å². The molecule has 4 heteroatoms. The highest BCUT2D eigenvalue weighted by Gasteiger charge is 1.97. The van der Waals surface area contributed by atoms with Gasteiger partial charge in [0.15, 0.2) is 0 Å². The lowest BCUT2D eigenvalue weighted by molar-refractivity contribution is 0.677. The van der Waals surface area contributed by atoms with Gasteiger partial charge < -0.3 is 0 Å². The van der Waals surface area contributed by atoms with Gasteiger partial charge in [-0.25, -0.2) is 0 Å². The first-order chi connectivity index (χ1) is 6.74. The van der Waals surface area contributed by atoms with Crippen molar-refractivity contribution in [3.05, 3.63) is 46.5 Å². The van der Waals surface area contributed by atoms with Crippen molar-refractivity contribution >= 4 is 15.9 Å². The third-order valence-electron chi connectivity index (χ3n) is 1.88. The highest BCUT2D eigenvalue weighted by molar-refractivity contribution is 9.10. The van der Waals surface area contributed by atoms with E-state index in [4.69, 9.17) is 0 Å². The van der Waals surface area contributed by atoms with E-state index in [9.17, 15) is 0 Å². The minimum Gasteiger partial charge on any atom is -0.268 e. The molecular weight excluding hydrogens is 242 g/mol. The quantitative estimate of drug-likeness (QED) is 0.821. The monoisotopic (exact) mass is 251 g/mol. The molecule has 0 fully saturated rings. The van der Waals surface area contributed by atoms with Crippen LogP contribution in [-0.2, 0) is 6.54 Å². The molecule has 0 aliphatic rings. The smallest absolute Gasteiger partial charge is 0.0674 e. The fourth-order valence-electron chi connectivity index (χ4n) is 1.28. The summed E-state index contributed by atoms with van der Waals surface area (Å²) in [4.78, 5) is 4.10. The van der Waals surface area contributed by atoms with Crippen LogP contribution in [0.5, 0.6) is 0 Å². The number of hydrogen-bond donors (Lipinski definition) is 0. The lowest BCUT2D eigenvalue weighted by Gasteiger charge is -2.01. The molecule has 0 aromatic carbocycles. The van der Waals surface area contributed by atoms with E-state index in [1.54, 1.807) is 6.20 Å². The summed E-state index contributed by atoms with van der Waals surface area (Å²) >= 11 is 3.39. The minimum absolute atomic E-state index is 0.764. The number of pyridine rings is 1. The normalized spacial score (nSPS) is 10.4. The number of aromatic nitrogens is 3. The Morgan fingerprint density at radius 3 is 2.93 bits per heavy atom. The summed E-state index contributed by atoms with van der Waals surface area (Å²) in [6.07, 6.45) is 5.59. The summed E-state index contributed by atoms with van der Waals surface area (Å²) < 4.78 is 2.90. The van der Waals surface area contributed by atoms with Crippen molar-refractivity contribution in [2.45, 2.75) is 13.5 Å². The molecule has 3 nitrogen and oxygen atoms in total. The first kappa shape index (κ1) is 9.40. The zero-order valence-electron chi connectivity index (χ0n) is 7.81. The molecule has 0 N–H and O–H groups in total. The summed E-state index contributed by atoms with van der Waals surface area (Å²) in [5.74, 6) is 0. The number of rotatable bonds is 2. The first-order valence-corrected chi connectivity index (χ1v) is 5.13. The number of nitrogens with zero attached hydrogens (tertiary/aromatic N) is 3. The number of halogens is 1. The number of aryl methyl sites for hydroxylation is 1. The molecule has 0 atom stereocenters. The van der Waals surface area contributed by atoms with Gasteiger partial charge in [0, 0.05) is 23.1 Å². The number of hydrogen-bond acceptors (Lipinski definition) is 2. The maximum Gasteiger partial charge on any atom is 0.0674 e. The van der Waals surface area contributed by atoms with Gasteiger partial charge in [-0.1, -0.05) is 0 Å². The van der Waals surface area contributed by atoms with E-state index < -0.39 is 0 Å². The highest BCUT2D eigenvalue weighted by Crippen LogP contribution is 2.10. The van der Waals surface area contributed by atoms with Crippen LogP contribution in [0.3, 0.4) is 0 Å². The zero-order valence-corrected chi connectivity index (χ0v) is 9.40. The van der Waals surface area contributed by atoms with Gasteiger partial charge in [-0.3, -0.25) is 9.67 Å². The molecule has 2 aromatic rings. The van der Waals surface area contributed by atoms with Crippen molar-refractivity contribution < 1.29 is 0 Å². The van der Waals surface area contributed by atoms with Crippen molar-refractivity contribution in [1.82, 2.24) is 14.8 Å². The Morgan fingerprint density at radius 1 is 1.43 bits per heavy atom. The van der Waals surface area contributed by atoms with E-state index in [-0.39, 0.29) is 0 Å². The molecule has 14 heavy (non-hydrogen) atoms. The predicted octanol–water partition coefficient (Wildman–Crippen LogP) is 2.40. The largest absolute Gasteiger partial charge is 0.268 e. The van der Waals surface area contributed by atoms with Crippen molar-refractivity contribution in [3.8, 4) is 0 Å². The van der Waals surface area contributed by atoms with Gasteiger partial charge in [0.2, 0.25) is 0 Å². The van der Waals surface area contributed by atoms with Crippen LogP contribution in [0.15, 0.2) is 35.2 Å². The van der Waals surface area contributed by atoms with E-state index in [0.717, 1.165) is 22.3 Å². The molecule has 0 saturated heterocycles. The van der Waals surface area contributed by atoms with Gasteiger partial charge >= 0.3 is 0 Å². The Bertz CT molecular complexity index is 436. The van der Waals surface area contributed by atoms with Crippen LogP contribution in [0.4, 0.5) is 0 Å². The first-order valence-electron chi connectivity index (χ1n) is 4.33. The predicted molar refractivity (Wildman–Crippen MR) is 58.0 cm³/mol. The molecule has 0 unspecified atom stereocenters. The van der Waals surface area contributed by atoms with Gasteiger partial charge in [0.05, 0.1) is 12.2 Å². The minimum atomic E-state index is 0.764. The molecule has 0 amide bonds. The Labute approximate surface area is 90.9 Å². The fraction of sp³-hybridized carbons (Fsp3) is 0.200. The summed E-state index contributed by atoms with van der Waals surface area (Å²) in [6, 6.07) is 4.04. The third-order valence-corrected chi connectivity index (χ3v) is 2.31. The Kier molecular flexibility index (Phi) is 2.63. The Hall–Kier alpha value is -1.16. The fourth-order valence-corrected chi connectivity index (χ4v) is 1.69. The molecule has 72 valence electrons. The Morgan fingerprint density at radius 2 is 2.29 bits per heavy atom. The summed E-state index contributed by atoms with van der Waals surface area (Å²) in [5.41, 5.74) is 2.18. The Balaban J connectivity index is 2.18. The van der Waals surface area contributed by atoms with E-state index in [1.165, 1.54) is 0 Å². The molecule has 0 radical (unpaired) electrons. The van der Waals surface area contributed by atoms with E-state index in [2.05, 4.69) is 26.0 Å². The van der Waals surface area contributed by atoms with E-state index in [1.807, 2.05) is 36.1 Å². The summed E-state index contributed by atoms with van der Waals surface area (Å²) in [5, 5.41) is 4.31. The van der Waals surface area contributed by atoms with Gasteiger partial charge in [-0.15, -0.1) is 0 Å². The van der Waals surface area contributed by atoms with Crippen LogP contribution in [0, 0.1) is 6.92 Å². The van der Waals surface area contributed by atoms with Gasteiger partial charge in [0.25, 0.3) is 0 Å². The van der Waals surface area contributed by atoms with Crippen LogP contribution in [0.2, 0.25) is 0 Å². The average molecular weight is 252 g/mol.